The molecule has 6 nitrogen and oxygen atoms in total. The molecule has 0 aromatic carbocycles. The molecule has 0 fully saturated rings. The summed E-state index contributed by atoms with van der Waals surface area (Å²) in [4.78, 5) is 0. The van der Waals surface area contributed by atoms with Gasteiger partial charge in [-0.05, 0) is 19.4 Å². The zero-order valence-electron chi connectivity index (χ0n) is 10.6. The summed E-state index contributed by atoms with van der Waals surface area (Å²) in [5, 5.41) is 12.9. The lowest BCUT2D eigenvalue weighted by Crippen LogP contribution is -2.07. The highest BCUT2D eigenvalue weighted by molar-refractivity contribution is 6.30. The number of hydrogen-bond acceptors (Lipinski definition) is 5. The summed E-state index contributed by atoms with van der Waals surface area (Å²) < 4.78 is 11.9. The topological polar surface area (TPSA) is 61.5 Å². The van der Waals surface area contributed by atoms with E-state index in [9.17, 15) is 0 Å². The van der Waals surface area contributed by atoms with Crippen molar-refractivity contribution in [1.82, 2.24) is 19.8 Å². The Morgan fingerprint density at radius 3 is 2.67 bits per heavy atom. The third-order valence-corrected chi connectivity index (χ3v) is 3.12. The number of aromatic nitrogens is 4. The van der Waals surface area contributed by atoms with Gasteiger partial charge in [-0.2, -0.15) is 9.61 Å². The van der Waals surface area contributed by atoms with E-state index in [1.54, 1.807) is 11.6 Å². The summed E-state index contributed by atoms with van der Waals surface area (Å²) in [6.07, 6.45) is 0. The highest BCUT2D eigenvalue weighted by atomic mass is 35.5. The van der Waals surface area contributed by atoms with E-state index in [1.807, 2.05) is 13.8 Å². The first-order valence-corrected chi connectivity index (χ1v) is 5.96. The Morgan fingerprint density at radius 2 is 1.94 bits per heavy atom. The third-order valence-electron chi connectivity index (χ3n) is 2.76. The van der Waals surface area contributed by atoms with Crippen molar-refractivity contribution in [2.45, 2.75) is 20.5 Å². The molecule has 0 radical (unpaired) electrons. The molecular weight excluding hydrogens is 256 g/mol. The van der Waals surface area contributed by atoms with Crippen LogP contribution in [0.2, 0.25) is 5.15 Å². The number of fused-ring (bicyclic) bond motifs is 1. The smallest absolute Gasteiger partial charge is 0.181 e. The molecule has 2 aromatic heterocycles. The van der Waals surface area contributed by atoms with Gasteiger partial charge in [0.05, 0.1) is 13.2 Å². The van der Waals surface area contributed by atoms with Crippen LogP contribution in [-0.4, -0.2) is 40.1 Å². The van der Waals surface area contributed by atoms with Crippen LogP contribution in [0.4, 0.5) is 0 Å². The van der Waals surface area contributed by atoms with Gasteiger partial charge in [0.1, 0.15) is 6.61 Å². The number of ether oxygens (including phenoxy) is 2. The fourth-order valence-electron chi connectivity index (χ4n) is 1.53. The molecule has 2 heterocycles. The number of hydrogen-bond donors (Lipinski definition) is 0. The molecule has 2 rings (SSSR count). The fraction of sp³-hybridized carbons (Fsp3) is 0.545. The molecule has 0 aliphatic carbocycles. The summed E-state index contributed by atoms with van der Waals surface area (Å²) in [6, 6.07) is 0. The number of aryl methyl sites for hydroxylation is 1. The Kier molecular flexibility index (Phi) is 4.11. The van der Waals surface area contributed by atoms with Crippen LogP contribution in [0.1, 0.15) is 17.0 Å². The van der Waals surface area contributed by atoms with E-state index in [2.05, 4.69) is 15.3 Å². The van der Waals surface area contributed by atoms with Crippen LogP contribution in [0.25, 0.3) is 5.65 Å². The van der Waals surface area contributed by atoms with Crippen LogP contribution in [0, 0.1) is 13.8 Å². The van der Waals surface area contributed by atoms with Gasteiger partial charge in [-0.15, -0.1) is 10.2 Å². The highest BCUT2D eigenvalue weighted by Gasteiger charge is 2.13. The van der Waals surface area contributed by atoms with Crippen molar-refractivity contribution in [2.24, 2.45) is 0 Å². The molecule has 18 heavy (non-hydrogen) atoms. The summed E-state index contributed by atoms with van der Waals surface area (Å²) in [7, 11) is 1.63. The summed E-state index contributed by atoms with van der Waals surface area (Å²) >= 11 is 6.06. The SMILES string of the molecule is COCCOCc1nnc2c(C)c(C)c(Cl)nn12. The van der Waals surface area contributed by atoms with E-state index in [0.717, 1.165) is 11.1 Å². The molecule has 0 aliphatic heterocycles. The standard InChI is InChI=1S/C11H15ClN4O2/c1-7-8(2)11-14-13-9(6-18-5-4-17-3)16(11)15-10(7)12/h4-6H2,1-3H3. The predicted molar refractivity (Wildman–Crippen MR) is 66.8 cm³/mol. The first-order valence-electron chi connectivity index (χ1n) is 5.58. The van der Waals surface area contributed by atoms with E-state index in [4.69, 9.17) is 21.1 Å². The van der Waals surface area contributed by atoms with Gasteiger partial charge in [-0.1, -0.05) is 11.6 Å². The average molecular weight is 271 g/mol. The van der Waals surface area contributed by atoms with E-state index in [-0.39, 0.29) is 0 Å². The molecule has 0 saturated heterocycles. The predicted octanol–water partition coefficient (Wildman–Crippen LogP) is 1.56. The minimum absolute atomic E-state index is 0.330. The molecule has 0 N–H and O–H groups in total. The molecule has 98 valence electrons. The molecular formula is C11H15ClN4O2. The molecule has 0 bridgehead atoms. The van der Waals surface area contributed by atoms with Gasteiger partial charge in [0, 0.05) is 12.7 Å². The minimum atomic E-state index is 0.330. The fourth-order valence-corrected chi connectivity index (χ4v) is 1.75. The highest BCUT2D eigenvalue weighted by Crippen LogP contribution is 2.19. The van der Waals surface area contributed by atoms with Crippen molar-refractivity contribution >= 4 is 17.2 Å². The largest absolute Gasteiger partial charge is 0.382 e. The molecule has 0 unspecified atom stereocenters. The van der Waals surface area contributed by atoms with Gasteiger partial charge in [0.2, 0.25) is 0 Å². The molecule has 0 amide bonds. The normalized spacial score (nSPS) is 11.3. The molecule has 2 aromatic rings. The summed E-state index contributed by atoms with van der Waals surface area (Å²) in [6.45, 7) is 5.24. The lowest BCUT2D eigenvalue weighted by atomic mass is 10.2. The summed E-state index contributed by atoms with van der Waals surface area (Å²) in [5.41, 5.74) is 2.61. The molecule has 0 saturated carbocycles. The minimum Gasteiger partial charge on any atom is -0.382 e. The second kappa shape index (κ2) is 5.60. The van der Waals surface area contributed by atoms with Crippen LogP contribution in [0.5, 0.6) is 0 Å². The maximum atomic E-state index is 6.06. The van der Waals surface area contributed by atoms with E-state index in [1.165, 1.54) is 0 Å². The number of methoxy groups -OCH3 is 1. The van der Waals surface area contributed by atoms with Crippen molar-refractivity contribution in [3.05, 3.63) is 22.1 Å². The number of nitrogens with zero attached hydrogens (tertiary/aromatic N) is 4. The lowest BCUT2D eigenvalue weighted by Gasteiger charge is -2.05. The average Bonchev–Trinajstić information content (AvgIpc) is 2.75. The van der Waals surface area contributed by atoms with Gasteiger partial charge >= 0.3 is 0 Å². The van der Waals surface area contributed by atoms with Crippen LogP contribution in [0.15, 0.2) is 0 Å². The van der Waals surface area contributed by atoms with Gasteiger partial charge in [0.15, 0.2) is 16.6 Å². The second-order valence-corrected chi connectivity index (χ2v) is 4.30. The second-order valence-electron chi connectivity index (χ2n) is 3.94. The van der Waals surface area contributed by atoms with Crippen LogP contribution in [-0.2, 0) is 16.1 Å². The maximum absolute atomic E-state index is 6.06. The van der Waals surface area contributed by atoms with E-state index in [0.29, 0.717) is 36.4 Å². The Balaban J connectivity index is 2.25. The van der Waals surface area contributed by atoms with Crippen molar-refractivity contribution in [3.63, 3.8) is 0 Å². The lowest BCUT2D eigenvalue weighted by molar-refractivity contribution is 0.0579. The van der Waals surface area contributed by atoms with Crippen molar-refractivity contribution in [2.75, 3.05) is 20.3 Å². The van der Waals surface area contributed by atoms with Crippen LogP contribution >= 0.6 is 11.6 Å². The molecule has 7 heteroatoms. The van der Waals surface area contributed by atoms with Gasteiger partial charge in [-0.25, -0.2) is 0 Å². The van der Waals surface area contributed by atoms with Crippen molar-refractivity contribution in [1.29, 1.82) is 0 Å². The summed E-state index contributed by atoms with van der Waals surface area (Å²) in [5.74, 6) is 0.631. The first kappa shape index (κ1) is 13.2. The zero-order valence-corrected chi connectivity index (χ0v) is 11.4. The monoisotopic (exact) mass is 270 g/mol. The van der Waals surface area contributed by atoms with Gasteiger partial charge in [-0.3, -0.25) is 0 Å². The van der Waals surface area contributed by atoms with Gasteiger partial charge < -0.3 is 9.47 Å². The Labute approximate surface area is 110 Å². The molecule has 0 aliphatic rings. The Hall–Kier alpha value is -1.24. The maximum Gasteiger partial charge on any atom is 0.181 e. The Morgan fingerprint density at radius 1 is 1.17 bits per heavy atom. The first-order chi connectivity index (χ1) is 8.65. The van der Waals surface area contributed by atoms with E-state index < -0.39 is 0 Å². The third kappa shape index (κ3) is 2.45. The van der Waals surface area contributed by atoms with E-state index >= 15 is 0 Å². The van der Waals surface area contributed by atoms with Crippen LogP contribution < -0.4 is 0 Å². The van der Waals surface area contributed by atoms with Crippen LogP contribution in [0.3, 0.4) is 0 Å². The van der Waals surface area contributed by atoms with Gasteiger partial charge in [0.25, 0.3) is 0 Å². The van der Waals surface area contributed by atoms with Crippen molar-refractivity contribution < 1.29 is 9.47 Å². The molecule has 0 atom stereocenters. The quantitative estimate of drug-likeness (QED) is 0.772. The Bertz CT molecular complexity index is 555. The zero-order chi connectivity index (χ0) is 13.1. The number of halogens is 1. The molecule has 0 spiro atoms. The van der Waals surface area contributed by atoms with Crippen molar-refractivity contribution in [3.8, 4) is 0 Å². The number of rotatable bonds is 5.